The molecule has 1 unspecified atom stereocenters. The molecule has 43 heavy (non-hydrogen) atoms. The molecule has 0 saturated carbocycles. The van der Waals surface area contributed by atoms with Gasteiger partial charge in [0.2, 0.25) is 5.88 Å². The number of ether oxygens (including phenoxy) is 4. The first-order chi connectivity index (χ1) is 20.9. The van der Waals surface area contributed by atoms with Gasteiger partial charge in [-0.2, -0.15) is 0 Å². The number of fused-ring (bicyclic) bond motifs is 2. The maximum Gasteiger partial charge on any atom is 0.284 e. The number of carbonyl (C=O) groups excluding carboxylic acids is 1. The molecule has 5 aromatic rings. The van der Waals surface area contributed by atoms with Crippen molar-refractivity contribution in [1.82, 2.24) is 19.3 Å². The second-order valence-corrected chi connectivity index (χ2v) is 9.93. The van der Waals surface area contributed by atoms with Crippen LogP contribution >= 0.6 is 0 Å². The first-order valence-corrected chi connectivity index (χ1v) is 13.5. The molecule has 0 aliphatic carbocycles. The average Bonchev–Trinajstić information content (AvgIpc) is 3.32. The van der Waals surface area contributed by atoms with Crippen LogP contribution in [-0.4, -0.2) is 46.6 Å². The van der Waals surface area contributed by atoms with E-state index in [2.05, 4.69) is 9.97 Å². The number of primary amides is 1. The number of para-hydroxylation sites is 1. The minimum absolute atomic E-state index is 0.0505. The maximum atomic E-state index is 14.8. The van der Waals surface area contributed by atoms with Gasteiger partial charge in [-0.05, 0) is 48.7 Å². The van der Waals surface area contributed by atoms with Gasteiger partial charge in [-0.1, -0.05) is 18.2 Å². The minimum Gasteiger partial charge on any atom is -0.493 e. The smallest absolute Gasteiger partial charge is 0.284 e. The predicted octanol–water partition coefficient (Wildman–Crippen LogP) is 4.56. The Kier molecular flexibility index (Phi) is 7.18. The third kappa shape index (κ3) is 4.70. The standard InChI is InChI=1S/C31H28FN5O6/c1-40-24-13-17(10-11-23(24)43-30-19-14-25(41-2)26(42-3)15-21(19)34-16-35-30)18-7-6-12-36-28(18)27(29(33)38)31(39)37(36)22-9-5-4-8-20(22)32/h4-5,8-11,13-16,18H,6-7,12H2,1-3H3,(H2,33,38). The molecule has 1 amide bonds. The first kappa shape index (κ1) is 27.8. The molecule has 1 aliphatic rings. The number of nitrogens with zero attached hydrogens (tertiary/aromatic N) is 4. The third-order valence-corrected chi connectivity index (χ3v) is 7.60. The summed E-state index contributed by atoms with van der Waals surface area (Å²) in [6, 6.07) is 14.8. The van der Waals surface area contributed by atoms with Crippen LogP contribution in [-0.2, 0) is 6.54 Å². The highest BCUT2D eigenvalue weighted by Crippen LogP contribution is 2.42. The lowest BCUT2D eigenvalue weighted by molar-refractivity contribution is 0.0997. The number of rotatable bonds is 8. The van der Waals surface area contributed by atoms with E-state index in [4.69, 9.17) is 24.7 Å². The molecule has 2 aromatic heterocycles. The maximum absolute atomic E-state index is 14.8. The summed E-state index contributed by atoms with van der Waals surface area (Å²) < 4.78 is 40.4. The molecule has 6 rings (SSSR count). The van der Waals surface area contributed by atoms with Crippen LogP contribution in [0.4, 0.5) is 4.39 Å². The van der Waals surface area contributed by atoms with Gasteiger partial charge in [0.25, 0.3) is 11.5 Å². The molecule has 220 valence electrons. The number of hydrogen-bond donors (Lipinski definition) is 1. The third-order valence-electron chi connectivity index (χ3n) is 7.60. The lowest BCUT2D eigenvalue weighted by atomic mass is 9.86. The van der Waals surface area contributed by atoms with Gasteiger partial charge < -0.3 is 24.7 Å². The van der Waals surface area contributed by atoms with Crippen molar-refractivity contribution in [2.75, 3.05) is 21.3 Å². The molecule has 1 atom stereocenters. The van der Waals surface area contributed by atoms with Crippen molar-refractivity contribution in [3.63, 3.8) is 0 Å². The Balaban J connectivity index is 1.43. The molecular formula is C31H28FN5O6. The monoisotopic (exact) mass is 585 g/mol. The van der Waals surface area contributed by atoms with Crippen molar-refractivity contribution in [2.45, 2.75) is 25.3 Å². The number of halogens is 1. The van der Waals surface area contributed by atoms with Crippen LogP contribution in [0, 0.1) is 5.82 Å². The summed E-state index contributed by atoms with van der Waals surface area (Å²) in [7, 11) is 4.59. The highest BCUT2D eigenvalue weighted by molar-refractivity contribution is 5.94. The van der Waals surface area contributed by atoms with Crippen molar-refractivity contribution in [1.29, 1.82) is 0 Å². The second kappa shape index (κ2) is 11.1. The van der Waals surface area contributed by atoms with Crippen LogP contribution in [0.1, 0.15) is 40.4 Å². The number of methoxy groups -OCH3 is 3. The van der Waals surface area contributed by atoms with Crippen LogP contribution < -0.4 is 30.2 Å². The van der Waals surface area contributed by atoms with E-state index in [1.807, 2.05) is 6.07 Å². The largest absolute Gasteiger partial charge is 0.493 e. The minimum atomic E-state index is -0.870. The number of aromatic nitrogens is 4. The Hall–Kier alpha value is -5.39. The molecule has 2 N–H and O–H groups in total. The van der Waals surface area contributed by atoms with Gasteiger partial charge in [0.1, 0.15) is 23.4 Å². The van der Waals surface area contributed by atoms with Crippen LogP contribution in [0.2, 0.25) is 0 Å². The first-order valence-electron chi connectivity index (χ1n) is 13.5. The summed E-state index contributed by atoms with van der Waals surface area (Å²) in [5.74, 6) is 0.231. The number of amides is 1. The quantitative estimate of drug-likeness (QED) is 0.280. The van der Waals surface area contributed by atoms with Gasteiger partial charge in [-0.15, -0.1) is 0 Å². The summed E-state index contributed by atoms with van der Waals surface area (Å²) in [4.78, 5) is 34.7. The van der Waals surface area contributed by atoms with E-state index >= 15 is 0 Å². The van der Waals surface area contributed by atoms with Gasteiger partial charge in [-0.25, -0.2) is 19.0 Å². The summed E-state index contributed by atoms with van der Waals surface area (Å²) in [6.45, 7) is 0.413. The molecule has 0 spiro atoms. The summed E-state index contributed by atoms with van der Waals surface area (Å²) in [5, 5.41) is 0.600. The van der Waals surface area contributed by atoms with Crippen molar-refractivity contribution < 1.29 is 28.1 Å². The van der Waals surface area contributed by atoms with E-state index in [9.17, 15) is 14.0 Å². The fourth-order valence-electron chi connectivity index (χ4n) is 5.67. The van der Waals surface area contributed by atoms with Crippen LogP contribution in [0.5, 0.6) is 28.9 Å². The van der Waals surface area contributed by atoms with Crippen molar-refractivity contribution in [3.8, 4) is 34.6 Å². The van der Waals surface area contributed by atoms with Gasteiger partial charge in [-0.3, -0.25) is 14.3 Å². The number of hydrogen-bond acceptors (Lipinski definition) is 8. The zero-order valence-corrected chi connectivity index (χ0v) is 23.7. The lowest BCUT2D eigenvalue weighted by Crippen LogP contribution is -2.26. The lowest BCUT2D eigenvalue weighted by Gasteiger charge is -2.27. The van der Waals surface area contributed by atoms with Crippen LogP contribution in [0.25, 0.3) is 16.6 Å². The second-order valence-electron chi connectivity index (χ2n) is 9.93. The summed E-state index contributed by atoms with van der Waals surface area (Å²) >= 11 is 0. The van der Waals surface area contributed by atoms with Crippen molar-refractivity contribution in [2.24, 2.45) is 5.73 Å². The predicted molar refractivity (Wildman–Crippen MR) is 155 cm³/mol. The zero-order chi connectivity index (χ0) is 30.2. The Morgan fingerprint density at radius 3 is 2.40 bits per heavy atom. The molecule has 0 saturated heterocycles. The SMILES string of the molecule is COc1cc2ncnc(Oc3ccc(C4CCCn5c4c(C(N)=O)c(=O)n5-c4ccccc4F)cc3OC)c2cc1OC. The van der Waals surface area contributed by atoms with Crippen molar-refractivity contribution in [3.05, 3.63) is 93.9 Å². The highest BCUT2D eigenvalue weighted by Gasteiger charge is 2.34. The Morgan fingerprint density at radius 1 is 0.953 bits per heavy atom. The molecule has 3 heterocycles. The topological polar surface area (TPSA) is 133 Å². The van der Waals surface area contributed by atoms with E-state index in [0.29, 0.717) is 59.0 Å². The average molecular weight is 586 g/mol. The van der Waals surface area contributed by atoms with Gasteiger partial charge >= 0.3 is 0 Å². The van der Waals surface area contributed by atoms with E-state index in [1.165, 1.54) is 43.4 Å². The Morgan fingerprint density at radius 2 is 1.67 bits per heavy atom. The number of carbonyl (C=O) groups is 1. The van der Waals surface area contributed by atoms with E-state index in [1.54, 1.807) is 42.1 Å². The van der Waals surface area contributed by atoms with Gasteiger partial charge in [0.05, 0.1) is 37.9 Å². The molecular weight excluding hydrogens is 557 g/mol. The Labute approximate surface area is 245 Å². The normalized spacial score (nSPS) is 14.3. The fourth-order valence-corrected chi connectivity index (χ4v) is 5.67. The zero-order valence-electron chi connectivity index (χ0n) is 23.7. The fraction of sp³-hybridized carbons (Fsp3) is 0.226. The van der Waals surface area contributed by atoms with Crippen LogP contribution in [0.3, 0.4) is 0 Å². The van der Waals surface area contributed by atoms with E-state index in [0.717, 1.165) is 5.56 Å². The molecule has 11 nitrogen and oxygen atoms in total. The van der Waals surface area contributed by atoms with Gasteiger partial charge in [0, 0.05) is 18.5 Å². The summed E-state index contributed by atoms with van der Waals surface area (Å²) in [6.07, 6.45) is 2.69. The number of nitrogens with two attached hydrogens (primary N) is 1. The number of benzene rings is 3. The van der Waals surface area contributed by atoms with Crippen LogP contribution in [0.15, 0.2) is 65.7 Å². The molecule has 0 bridgehead atoms. The molecule has 0 fully saturated rings. The molecule has 3 aromatic carbocycles. The molecule has 1 aliphatic heterocycles. The van der Waals surface area contributed by atoms with E-state index < -0.39 is 23.2 Å². The molecule has 12 heteroatoms. The highest BCUT2D eigenvalue weighted by atomic mass is 19.1. The molecule has 0 radical (unpaired) electrons. The van der Waals surface area contributed by atoms with E-state index in [-0.39, 0.29) is 17.1 Å². The van der Waals surface area contributed by atoms with Gasteiger partial charge in [0.15, 0.2) is 23.0 Å². The Bertz CT molecular complexity index is 1930. The van der Waals surface area contributed by atoms with Crippen molar-refractivity contribution >= 4 is 16.8 Å². The summed E-state index contributed by atoms with van der Waals surface area (Å²) in [5.41, 5.74) is 6.75.